The van der Waals surface area contributed by atoms with Crippen LogP contribution in [0.1, 0.15) is 64.0 Å². The largest absolute Gasteiger partial charge is 0.445 e. The minimum absolute atomic E-state index is 0.0559. The number of hydrogen-bond donors (Lipinski definition) is 5. The van der Waals surface area contributed by atoms with Crippen molar-refractivity contribution in [1.82, 2.24) is 21.3 Å². The molecule has 13 nitrogen and oxygen atoms in total. The molecular formula is C32H43N5O8. The number of hydrogen-bond acceptors (Lipinski definition) is 8. The summed E-state index contributed by atoms with van der Waals surface area (Å²) in [5, 5.41) is 10.1. The van der Waals surface area contributed by atoms with Crippen molar-refractivity contribution in [3.63, 3.8) is 0 Å². The van der Waals surface area contributed by atoms with Crippen LogP contribution in [-0.4, -0.2) is 59.9 Å². The summed E-state index contributed by atoms with van der Waals surface area (Å²) in [7, 11) is 0. The maximum absolute atomic E-state index is 13.3. The Morgan fingerprint density at radius 1 is 0.756 bits per heavy atom. The van der Waals surface area contributed by atoms with E-state index < -0.39 is 53.4 Å². The van der Waals surface area contributed by atoms with Gasteiger partial charge in [0.1, 0.15) is 18.2 Å². The molecule has 0 bridgehead atoms. The smallest absolute Gasteiger partial charge is 0.408 e. The minimum Gasteiger partial charge on any atom is -0.445 e. The van der Waals surface area contributed by atoms with E-state index in [1.807, 2.05) is 12.1 Å². The third kappa shape index (κ3) is 15.4. The number of carbonyl (C=O) groups is 6. The highest BCUT2D eigenvalue weighted by Crippen LogP contribution is 2.09. The molecule has 2 atom stereocenters. The molecule has 0 saturated heterocycles. The van der Waals surface area contributed by atoms with Crippen LogP contribution in [0.25, 0.3) is 0 Å². The number of ether oxygens (including phenoxy) is 2. The first-order chi connectivity index (χ1) is 21.3. The van der Waals surface area contributed by atoms with Gasteiger partial charge in [-0.25, -0.2) is 9.59 Å². The van der Waals surface area contributed by atoms with Crippen LogP contribution in [0.4, 0.5) is 9.59 Å². The van der Waals surface area contributed by atoms with Gasteiger partial charge in [-0.2, -0.15) is 0 Å². The average molecular weight is 626 g/mol. The predicted molar refractivity (Wildman–Crippen MR) is 165 cm³/mol. The zero-order chi connectivity index (χ0) is 33.2. The Morgan fingerprint density at radius 2 is 1.38 bits per heavy atom. The van der Waals surface area contributed by atoms with E-state index in [0.29, 0.717) is 12.8 Å². The van der Waals surface area contributed by atoms with Gasteiger partial charge in [-0.3, -0.25) is 19.2 Å². The fourth-order valence-electron chi connectivity index (χ4n) is 4.01. The molecular weight excluding hydrogens is 582 g/mol. The molecule has 0 spiro atoms. The maximum atomic E-state index is 13.3. The summed E-state index contributed by atoms with van der Waals surface area (Å²) in [4.78, 5) is 75.2. The lowest BCUT2D eigenvalue weighted by molar-refractivity contribution is -0.140. The van der Waals surface area contributed by atoms with Crippen molar-refractivity contribution in [1.29, 1.82) is 0 Å². The second-order valence-corrected chi connectivity index (χ2v) is 11.3. The Bertz CT molecular complexity index is 1280. The Hall–Kier alpha value is -4.94. The molecule has 5 amide bonds. The summed E-state index contributed by atoms with van der Waals surface area (Å²) in [5.74, 6) is -3.29. The number of unbranched alkanes of at least 4 members (excludes halogenated alkanes) is 1. The zero-order valence-electron chi connectivity index (χ0n) is 25.9. The summed E-state index contributed by atoms with van der Waals surface area (Å²) < 4.78 is 10.4. The van der Waals surface area contributed by atoms with Gasteiger partial charge >= 0.3 is 12.2 Å². The SMILES string of the molecule is CC(C)(C)OC(=O)NCCCC[C@H](NC(=O)[C@H](CCC(N)=O)NC(=O)OCc1ccccc1)C(=O)C(=O)NCc1ccccc1. The molecule has 6 N–H and O–H groups in total. The highest BCUT2D eigenvalue weighted by molar-refractivity contribution is 6.38. The van der Waals surface area contributed by atoms with Crippen molar-refractivity contribution in [3.8, 4) is 0 Å². The number of ketones is 1. The fraction of sp³-hybridized carbons (Fsp3) is 0.438. The second-order valence-electron chi connectivity index (χ2n) is 11.3. The number of primary amides is 1. The zero-order valence-corrected chi connectivity index (χ0v) is 25.9. The van der Waals surface area contributed by atoms with Crippen molar-refractivity contribution >= 4 is 35.7 Å². The Morgan fingerprint density at radius 3 is 1.98 bits per heavy atom. The molecule has 0 aliphatic heterocycles. The summed E-state index contributed by atoms with van der Waals surface area (Å²) >= 11 is 0. The van der Waals surface area contributed by atoms with Crippen LogP contribution >= 0.6 is 0 Å². The topological polar surface area (TPSA) is 195 Å². The number of alkyl carbamates (subject to hydrolysis) is 2. The lowest BCUT2D eigenvalue weighted by atomic mass is 10.0. The first-order valence-electron chi connectivity index (χ1n) is 14.7. The number of benzene rings is 2. The van der Waals surface area contributed by atoms with Gasteiger partial charge in [-0.15, -0.1) is 0 Å². The molecule has 0 aliphatic carbocycles. The molecule has 0 heterocycles. The van der Waals surface area contributed by atoms with Crippen molar-refractivity contribution in [3.05, 3.63) is 71.8 Å². The van der Waals surface area contributed by atoms with Crippen molar-refractivity contribution in [2.75, 3.05) is 6.54 Å². The van der Waals surface area contributed by atoms with Gasteiger partial charge in [0.25, 0.3) is 5.91 Å². The number of amides is 5. The quantitative estimate of drug-likeness (QED) is 0.131. The van der Waals surface area contributed by atoms with Crippen LogP contribution in [0.15, 0.2) is 60.7 Å². The first-order valence-corrected chi connectivity index (χ1v) is 14.7. The number of carbonyl (C=O) groups excluding carboxylic acids is 6. The second kappa shape index (κ2) is 18.7. The van der Waals surface area contributed by atoms with Crippen LogP contribution < -0.4 is 27.0 Å². The van der Waals surface area contributed by atoms with E-state index in [1.165, 1.54) is 0 Å². The van der Waals surface area contributed by atoms with Gasteiger partial charge in [0.15, 0.2) is 0 Å². The van der Waals surface area contributed by atoms with Gasteiger partial charge in [-0.1, -0.05) is 60.7 Å². The van der Waals surface area contributed by atoms with Gasteiger partial charge < -0.3 is 36.5 Å². The van der Waals surface area contributed by atoms with E-state index in [2.05, 4.69) is 21.3 Å². The molecule has 2 rings (SSSR count). The van der Waals surface area contributed by atoms with Crippen molar-refractivity contribution in [2.24, 2.45) is 5.73 Å². The Balaban J connectivity index is 2.06. The number of Topliss-reactive ketones (excluding diaryl/α,β-unsaturated/α-hetero) is 1. The van der Waals surface area contributed by atoms with Crippen LogP contribution in [0, 0.1) is 0 Å². The molecule has 0 aliphatic rings. The van der Waals surface area contributed by atoms with Gasteiger partial charge in [0, 0.05) is 19.5 Å². The lowest BCUT2D eigenvalue weighted by Gasteiger charge is -2.22. The van der Waals surface area contributed by atoms with Crippen LogP contribution in [-0.2, 0) is 41.8 Å². The number of rotatable bonds is 17. The Labute approximate surface area is 263 Å². The molecule has 13 heteroatoms. The lowest BCUT2D eigenvalue weighted by Crippen LogP contribution is -2.54. The Kier molecular flexibility index (Phi) is 15.0. The molecule has 0 aromatic heterocycles. The fourth-order valence-corrected chi connectivity index (χ4v) is 4.01. The predicted octanol–water partition coefficient (Wildman–Crippen LogP) is 2.61. The molecule has 0 fully saturated rings. The average Bonchev–Trinajstić information content (AvgIpc) is 2.99. The van der Waals surface area contributed by atoms with Crippen molar-refractivity contribution < 1.29 is 38.2 Å². The van der Waals surface area contributed by atoms with Crippen LogP contribution in [0.2, 0.25) is 0 Å². The summed E-state index contributed by atoms with van der Waals surface area (Å²) in [6.45, 7) is 5.49. The number of nitrogens with one attached hydrogen (secondary N) is 4. The van der Waals surface area contributed by atoms with E-state index in [4.69, 9.17) is 15.2 Å². The summed E-state index contributed by atoms with van der Waals surface area (Å²) in [5.41, 5.74) is 6.10. The minimum atomic E-state index is -1.28. The first kappa shape index (κ1) is 36.3. The normalized spacial score (nSPS) is 12.2. The molecule has 0 saturated carbocycles. The van der Waals surface area contributed by atoms with Crippen molar-refractivity contribution in [2.45, 2.75) is 83.7 Å². The maximum Gasteiger partial charge on any atom is 0.408 e. The molecule has 244 valence electrons. The van der Waals surface area contributed by atoms with E-state index in [9.17, 15) is 28.8 Å². The van der Waals surface area contributed by atoms with Crippen LogP contribution in [0.3, 0.4) is 0 Å². The van der Waals surface area contributed by atoms with Crippen LogP contribution in [0.5, 0.6) is 0 Å². The molecule has 45 heavy (non-hydrogen) atoms. The van der Waals surface area contributed by atoms with E-state index in [1.54, 1.807) is 69.3 Å². The van der Waals surface area contributed by atoms with E-state index in [0.717, 1.165) is 11.1 Å². The molecule has 0 unspecified atom stereocenters. The third-order valence-electron chi connectivity index (χ3n) is 6.24. The summed E-state index contributed by atoms with van der Waals surface area (Å²) in [6, 6.07) is 15.3. The highest BCUT2D eigenvalue weighted by atomic mass is 16.6. The third-order valence-corrected chi connectivity index (χ3v) is 6.24. The van der Waals surface area contributed by atoms with Gasteiger partial charge in [0.2, 0.25) is 17.6 Å². The molecule has 2 aromatic carbocycles. The summed E-state index contributed by atoms with van der Waals surface area (Å²) in [6.07, 6.45) is -1.09. The molecule has 2 aromatic rings. The van der Waals surface area contributed by atoms with E-state index >= 15 is 0 Å². The standard InChI is InChI=1S/C32H43N5O8/c1-32(2,3)45-30(42)34-19-11-10-16-24(27(39)29(41)35-20-22-12-6-4-7-13-22)36-28(40)25(17-18-26(33)38)37-31(43)44-21-23-14-8-5-9-15-23/h4-9,12-15,24-25H,10-11,16-21H2,1-3H3,(H2,33,38)(H,34,42)(H,35,41)(H,36,40)(H,37,43)/t24-,25-/m0/s1. The van der Waals surface area contributed by atoms with Gasteiger partial charge in [-0.05, 0) is 57.6 Å². The van der Waals surface area contributed by atoms with E-state index in [-0.39, 0.29) is 39.0 Å². The number of nitrogens with two attached hydrogens (primary N) is 1. The monoisotopic (exact) mass is 625 g/mol. The molecule has 0 radical (unpaired) electrons. The highest BCUT2D eigenvalue weighted by Gasteiger charge is 2.30. The van der Waals surface area contributed by atoms with Gasteiger partial charge in [0.05, 0.1) is 6.04 Å².